The summed E-state index contributed by atoms with van der Waals surface area (Å²) in [5, 5.41) is 23.9. The van der Waals surface area contributed by atoms with Crippen LogP contribution < -0.4 is 11.1 Å². The molecule has 1 aliphatic carbocycles. The molecule has 2 aromatic carbocycles. The summed E-state index contributed by atoms with van der Waals surface area (Å²) >= 11 is 0. The number of aliphatic hydroxyl groups is 2. The SMILES string of the molecule is N[C@H]1C[C@@H](n2cnc3c(NCC(c4ccccc4)c4ccccc4)ncnc32)[C@H](O)[C@@H]1O. The topological polar surface area (TPSA) is 122 Å². The molecule has 5 rings (SSSR count). The average molecular weight is 431 g/mol. The highest BCUT2D eigenvalue weighted by atomic mass is 16.3. The van der Waals surface area contributed by atoms with E-state index in [4.69, 9.17) is 5.73 Å². The molecule has 0 aliphatic heterocycles. The van der Waals surface area contributed by atoms with Crippen molar-refractivity contribution in [3.63, 3.8) is 0 Å². The maximum atomic E-state index is 10.4. The lowest BCUT2D eigenvalue weighted by atomic mass is 9.91. The molecule has 1 saturated carbocycles. The van der Waals surface area contributed by atoms with Crippen LogP contribution in [0, 0.1) is 0 Å². The number of nitrogens with one attached hydrogen (secondary N) is 1. The first-order valence-corrected chi connectivity index (χ1v) is 10.8. The van der Waals surface area contributed by atoms with Crippen molar-refractivity contribution in [2.45, 2.75) is 36.6 Å². The monoisotopic (exact) mass is 430 g/mol. The second kappa shape index (κ2) is 8.66. The van der Waals surface area contributed by atoms with E-state index in [1.54, 1.807) is 10.9 Å². The van der Waals surface area contributed by atoms with Gasteiger partial charge in [-0.25, -0.2) is 15.0 Å². The molecule has 8 heteroatoms. The van der Waals surface area contributed by atoms with Crippen molar-refractivity contribution in [2.24, 2.45) is 5.73 Å². The van der Waals surface area contributed by atoms with E-state index in [0.29, 0.717) is 29.9 Å². The van der Waals surface area contributed by atoms with Crippen LogP contribution >= 0.6 is 0 Å². The number of hydrogen-bond donors (Lipinski definition) is 4. The summed E-state index contributed by atoms with van der Waals surface area (Å²) in [5.41, 5.74) is 9.58. The van der Waals surface area contributed by atoms with Crippen molar-refractivity contribution in [1.29, 1.82) is 0 Å². The summed E-state index contributed by atoms with van der Waals surface area (Å²) < 4.78 is 1.79. The maximum Gasteiger partial charge on any atom is 0.165 e. The average Bonchev–Trinajstić information content (AvgIpc) is 3.37. The minimum Gasteiger partial charge on any atom is -0.389 e. The molecule has 8 nitrogen and oxygen atoms in total. The largest absolute Gasteiger partial charge is 0.389 e. The van der Waals surface area contributed by atoms with E-state index in [9.17, 15) is 10.2 Å². The Kier molecular flexibility index (Phi) is 5.57. The van der Waals surface area contributed by atoms with Crippen molar-refractivity contribution in [3.8, 4) is 0 Å². The summed E-state index contributed by atoms with van der Waals surface area (Å²) in [5.74, 6) is 0.761. The standard InChI is InChI=1S/C24H26N6O2/c25-18-11-19(22(32)21(18)31)30-14-29-20-23(27-13-28-24(20)30)26-12-17(15-7-3-1-4-8-15)16-9-5-2-6-10-16/h1-10,13-14,17-19,21-22,31-32H,11-12,25H2,(H,26,27,28)/t18-,19+,21+,22-/m0/s1. The van der Waals surface area contributed by atoms with Crippen LogP contribution in [0.4, 0.5) is 5.82 Å². The van der Waals surface area contributed by atoms with Gasteiger partial charge in [-0.1, -0.05) is 60.7 Å². The second-order valence-corrected chi connectivity index (χ2v) is 8.25. The Bertz CT molecular complexity index is 1140. The first-order valence-electron chi connectivity index (χ1n) is 10.8. The number of rotatable bonds is 6. The fourth-order valence-electron chi connectivity index (χ4n) is 4.54. The van der Waals surface area contributed by atoms with Gasteiger partial charge >= 0.3 is 0 Å². The Morgan fingerprint density at radius 3 is 2.19 bits per heavy atom. The number of fused-ring (bicyclic) bond motifs is 1. The lowest BCUT2D eigenvalue weighted by Crippen LogP contribution is -2.35. The normalized spacial score (nSPS) is 23.1. The minimum atomic E-state index is -0.964. The summed E-state index contributed by atoms with van der Waals surface area (Å²) in [4.78, 5) is 13.3. The van der Waals surface area contributed by atoms with Gasteiger partial charge < -0.3 is 25.8 Å². The minimum absolute atomic E-state index is 0.134. The van der Waals surface area contributed by atoms with Gasteiger partial charge in [0, 0.05) is 18.5 Å². The molecule has 4 atom stereocenters. The summed E-state index contributed by atoms with van der Waals surface area (Å²) in [6.07, 6.45) is 1.64. The number of nitrogens with zero attached hydrogens (tertiary/aromatic N) is 4. The lowest BCUT2D eigenvalue weighted by molar-refractivity contribution is 0.0187. The maximum absolute atomic E-state index is 10.4. The number of aromatic nitrogens is 4. The van der Waals surface area contributed by atoms with Gasteiger partial charge in [-0.15, -0.1) is 0 Å². The van der Waals surface area contributed by atoms with Crippen molar-refractivity contribution < 1.29 is 10.2 Å². The Hall–Kier alpha value is -3.33. The van der Waals surface area contributed by atoms with Crippen LogP contribution in [0.1, 0.15) is 29.5 Å². The molecule has 0 spiro atoms. The van der Waals surface area contributed by atoms with Crippen LogP contribution in [0.3, 0.4) is 0 Å². The van der Waals surface area contributed by atoms with E-state index in [-0.39, 0.29) is 12.0 Å². The molecule has 1 aliphatic rings. The van der Waals surface area contributed by atoms with Gasteiger partial charge in [-0.05, 0) is 17.5 Å². The quantitative estimate of drug-likeness (QED) is 0.369. The van der Waals surface area contributed by atoms with E-state index >= 15 is 0 Å². The van der Waals surface area contributed by atoms with Crippen LogP contribution in [-0.2, 0) is 0 Å². The summed E-state index contributed by atoms with van der Waals surface area (Å²) in [6.45, 7) is 0.628. The molecule has 0 amide bonds. The molecule has 2 heterocycles. The molecule has 2 aromatic heterocycles. The number of anilines is 1. The van der Waals surface area contributed by atoms with Gasteiger partial charge in [0.05, 0.1) is 18.5 Å². The van der Waals surface area contributed by atoms with Gasteiger partial charge in [0.1, 0.15) is 17.9 Å². The first kappa shape index (κ1) is 20.6. The van der Waals surface area contributed by atoms with Crippen LogP contribution in [-0.4, -0.2) is 54.5 Å². The van der Waals surface area contributed by atoms with Crippen LogP contribution in [0.15, 0.2) is 73.3 Å². The molecule has 0 unspecified atom stereocenters. The number of hydrogen-bond acceptors (Lipinski definition) is 7. The van der Waals surface area contributed by atoms with Gasteiger partial charge in [-0.2, -0.15) is 0 Å². The van der Waals surface area contributed by atoms with Crippen molar-refractivity contribution in [2.75, 3.05) is 11.9 Å². The van der Waals surface area contributed by atoms with E-state index in [1.165, 1.54) is 17.5 Å². The van der Waals surface area contributed by atoms with E-state index in [1.807, 2.05) is 36.4 Å². The highest BCUT2D eigenvalue weighted by Gasteiger charge is 2.41. The molecular weight excluding hydrogens is 404 g/mol. The third kappa shape index (κ3) is 3.73. The zero-order chi connectivity index (χ0) is 22.1. The zero-order valence-corrected chi connectivity index (χ0v) is 17.5. The number of imidazole rings is 1. The molecular formula is C24H26N6O2. The van der Waals surface area contributed by atoms with Crippen LogP contribution in [0.25, 0.3) is 11.2 Å². The number of aliphatic hydroxyl groups excluding tert-OH is 2. The van der Waals surface area contributed by atoms with Gasteiger partial charge in [-0.3, -0.25) is 0 Å². The second-order valence-electron chi connectivity index (χ2n) is 8.25. The Morgan fingerprint density at radius 1 is 0.938 bits per heavy atom. The van der Waals surface area contributed by atoms with Gasteiger partial charge in [0.25, 0.3) is 0 Å². The van der Waals surface area contributed by atoms with Gasteiger partial charge in [0.15, 0.2) is 11.5 Å². The Labute approximate surface area is 185 Å². The van der Waals surface area contributed by atoms with Gasteiger partial charge in [0.2, 0.25) is 0 Å². The van der Waals surface area contributed by atoms with E-state index in [2.05, 4.69) is 44.5 Å². The third-order valence-corrected chi connectivity index (χ3v) is 6.29. The number of benzene rings is 2. The molecule has 164 valence electrons. The first-order chi connectivity index (χ1) is 15.6. The highest BCUT2D eigenvalue weighted by Crippen LogP contribution is 2.33. The molecule has 1 fully saturated rings. The molecule has 0 radical (unpaired) electrons. The third-order valence-electron chi connectivity index (χ3n) is 6.29. The predicted molar refractivity (Wildman–Crippen MR) is 122 cm³/mol. The smallest absolute Gasteiger partial charge is 0.165 e. The van der Waals surface area contributed by atoms with E-state index < -0.39 is 18.2 Å². The molecule has 32 heavy (non-hydrogen) atoms. The van der Waals surface area contributed by atoms with Crippen molar-refractivity contribution in [1.82, 2.24) is 19.5 Å². The Morgan fingerprint density at radius 2 is 1.59 bits per heavy atom. The fraction of sp³-hybridized carbons (Fsp3) is 0.292. The molecule has 5 N–H and O–H groups in total. The van der Waals surface area contributed by atoms with Crippen molar-refractivity contribution in [3.05, 3.63) is 84.4 Å². The number of nitrogens with two attached hydrogens (primary N) is 1. The lowest BCUT2D eigenvalue weighted by Gasteiger charge is -2.19. The molecule has 0 bridgehead atoms. The predicted octanol–water partition coefficient (Wildman–Crippen LogP) is 2.06. The summed E-state index contributed by atoms with van der Waals surface area (Å²) in [6, 6.07) is 19.8. The van der Waals surface area contributed by atoms with Crippen LogP contribution in [0.2, 0.25) is 0 Å². The molecule has 0 saturated heterocycles. The Balaban J connectivity index is 1.43. The summed E-state index contributed by atoms with van der Waals surface area (Å²) in [7, 11) is 0. The highest BCUT2D eigenvalue weighted by molar-refractivity contribution is 5.82. The molecule has 4 aromatic rings. The zero-order valence-electron chi connectivity index (χ0n) is 17.5. The van der Waals surface area contributed by atoms with Crippen molar-refractivity contribution >= 4 is 17.0 Å². The fourth-order valence-corrected chi connectivity index (χ4v) is 4.54. The van der Waals surface area contributed by atoms with Crippen LogP contribution in [0.5, 0.6) is 0 Å². The van der Waals surface area contributed by atoms with E-state index in [0.717, 1.165) is 0 Å².